The molecule has 0 amide bonds. The second-order valence-electron chi connectivity index (χ2n) is 6.62. The highest BCUT2D eigenvalue weighted by Gasteiger charge is 2.31. The fraction of sp³-hybridized carbons (Fsp3) is 0.143. The van der Waals surface area contributed by atoms with Gasteiger partial charge in [-0.25, -0.2) is 9.13 Å². The van der Waals surface area contributed by atoms with Crippen LogP contribution in [0.5, 0.6) is 0 Å². The summed E-state index contributed by atoms with van der Waals surface area (Å²) >= 11 is 0. The third kappa shape index (κ3) is 2.83. The van der Waals surface area contributed by atoms with Crippen molar-refractivity contribution in [1.82, 2.24) is 14.4 Å². The fourth-order valence-electron chi connectivity index (χ4n) is 3.46. The molecule has 0 N–H and O–H groups in total. The number of rotatable bonds is 4. The van der Waals surface area contributed by atoms with E-state index in [-0.39, 0.29) is 0 Å². The normalized spacial score (nSPS) is 15.6. The Morgan fingerprint density at radius 2 is 1.54 bits per heavy atom. The molecular formula is C21H20N4P+. The van der Waals surface area contributed by atoms with Crippen molar-refractivity contribution in [1.29, 1.82) is 0 Å². The molecule has 0 spiro atoms. The van der Waals surface area contributed by atoms with Gasteiger partial charge in [0, 0.05) is 18.9 Å². The van der Waals surface area contributed by atoms with Crippen molar-refractivity contribution in [2.75, 3.05) is 0 Å². The van der Waals surface area contributed by atoms with Gasteiger partial charge in [-0.05, 0) is 11.1 Å². The van der Waals surface area contributed by atoms with Crippen LogP contribution in [-0.4, -0.2) is 19.9 Å². The number of fused-ring (bicyclic) bond motifs is 2. The van der Waals surface area contributed by atoms with E-state index in [9.17, 15) is 0 Å². The van der Waals surface area contributed by atoms with Crippen LogP contribution in [-0.2, 0) is 19.8 Å². The molecular weight excluding hydrogens is 339 g/mol. The van der Waals surface area contributed by atoms with Crippen LogP contribution in [0.25, 0.3) is 0 Å². The molecule has 4 nitrogen and oxygen atoms in total. The maximum atomic E-state index is 2.36. The molecule has 1 aromatic heterocycles. The molecule has 2 aliphatic rings. The van der Waals surface area contributed by atoms with Gasteiger partial charge in [-0.3, -0.25) is 4.90 Å². The topological polar surface area (TPSA) is 15.3 Å². The van der Waals surface area contributed by atoms with E-state index < -0.39 is 0 Å². The van der Waals surface area contributed by atoms with Crippen molar-refractivity contribution >= 4 is 19.3 Å². The van der Waals surface area contributed by atoms with Gasteiger partial charge in [0.1, 0.15) is 18.9 Å². The fourth-order valence-corrected chi connectivity index (χ4v) is 4.68. The average Bonchev–Trinajstić information content (AvgIpc) is 3.26. The minimum Gasteiger partial charge on any atom is -0.324 e. The average molecular weight is 359 g/mol. The third-order valence-electron chi connectivity index (χ3n) is 4.78. The highest BCUT2D eigenvalue weighted by molar-refractivity contribution is 7.48. The van der Waals surface area contributed by atoms with Gasteiger partial charge in [0.05, 0.1) is 8.20 Å². The monoisotopic (exact) mass is 359 g/mol. The molecule has 0 radical (unpaired) electrons. The Morgan fingerprint density at radius 3 is 2.27 bits per heavy atom. The van der Waals surface area contributed by atoms with E-state index in [1.165, 1.54) is 30.4 Å². The van der Waals surface area contributed by atoms with Crippen LogP contribution in [0, 0.1) is 0 Å². The van der Waals surface area contributed by atoms with E-state index in [0.717, 1.165) is 19.8 Å². The Hall–Kier alpha value is -2.84. The highest BCUT2D eigenvalue weighted by Crippen LogP contribution is 2.21. The third-order valence-corrected chi connectivity index (χ3v) is 6.20. The van der Waals surface area contributed by atoms with E-state index in [2.05, 4.69) is 104 Å². The number of imidazole rings is 1. The highest BCUT2D eigenvalue weighted by atomic mass is 31.1. The predicted molar refractivity (Wildman–Crippen MR) is 105 cm³/mol. The second kappa shape index (κ2) is 6.47. The maximum Gasteiger partial charge on any atom is 0.312 e. The first kappa shape index (κ1) is 15.4. The number of nitrogens with zero attached hydrogens (tertiary/aromatic N) is 4. The Balaban J connectivity index is 1.44. The molecule has 3 heterocycles. The number of benzene rings is 2. The molecule has 26 heavy (non-hydrogen) atoms. The zero-order valence-electron chi connectivity index (χ0n) is 14.4. The van der Waals surface area contributed by atoms with Crippen LogP contribution in [0.1, 0.15) is 11.1 Å². The molecule has 5 heteroatoms. The van der Waals surface area contributed by atoms with Gasteiger partial charge in [0.2, 0.25) is 0 Å². The summed E-state index contributed by atoms with van der Waals surface area (Å²) in [6.45, 7) is 2.70. The van der Waals surface area contributed by atoms with Crippen LogP contribution in [0.15, 0.2) is 85.5 Å². The summed E-state index contributed by atoms with van der Waals surface area (Å²) in [5.74, 6) is 0. The first-order valence-electron chi connectivity index (χ1n) is 8.83. The van der Waals surface area contributed by atoms with Gasteiger partial charge >= 0.3 is 5.57 Å². The van der Waals surface area contributed by atoms with Crippen LogP contribution < -0.4 is 10.1 Å². The number of hydrogen-bond donors (Lipinski definition) is 0. The molecule has 0 fully saturated rings. The summed E-state index contributed by atoms with van der Waals surface area (Å²) in [5.41, 5.74) is 5.34. The number of hydrogen-bond acceptors (Lipinski definition) is 2. The molecule has 0 bridgehead atoms. The maximum absolute atomic E-state index is 2.36. The molecule has 0 saturated carbocycles. The summed E-state index contributed by atoms with van der Waals surface area (Å²) in [6.07, 6.45) is 8.78. The first-order chi connectivity index (χ1) is 12.9. The van der Waals surface area contributed by atoms with Gasteiger partial charge in [-0.2, -0.15) is 0 Å². The molecule has 0 unspecified atom stereocenters. The first-order valence-corrected chi connectivity index (χ1v) is 9.73. The lowest BCUT2D eigenvalue weighted by atomic mass is 10.2. The van der Waals surface area contributed by atoms with Crippen LogP contribution >= 0.6 is 8.20 Å². The molecule has 0 saturated heterocycles. The van der Waals surface area contributed by atoms with E-state index >= 15 is 0 Å². The summed E-state index contributed by atoms with van der Waals surface area (Å²) < 4.78 is 4.70. The Bertz CT molecular complexity index is 976. The van der Waals surface area contributed by atoms with E-state index in [1.807, 2.05) is 0 Å². The second-order valence-corrected chi connectivity index (χ2v) is 7.64. The standard InChI is InChI=1S/C21H20N4P/c1-3-7-18(8-4-1)15-22-11-13-24-17-25-14-12-23(21(25)26-20(22)24)16-19-9-5-2-6-10-19/h1-14H,15-17H2/q+1. The minimum atomic E-state index is 0.876. The van der Waals surface area contributed by atoms with Gasteiger partial charge in [-0.1, -0.05) is 60.7 Å². The van der Waals surface area contributed by atoms with Crippen molar-refractivity contribution in [3.05, 3.63) is 96.6 Å². The zero-order valence-corrected chi connectivity index (χ0v) is 15.3. The van der Waals surface area contributed by atoms with Crippen molar-refractivity contribution in [2.45, 2.75) is 19.8 Å². The van der Waals surface area contributed by atoms with Crippen LogP contribution in [0.4, 0.5) is 0 Å². The summed E-state index contributed by atoms with van der Waals surface area (Å²) in [4.78, 5) is 4.70. The summed E-state index contributed by atoms with van der Waals surface area (Å²) in [6, 6.07) is 21.3. The Morgan fingerprint density at radius 1 is 0.846 bits per heavy atom. The van der Waals surface area contributed by atoms with Crippen molar-refractivity contribution in [3.8, 4) is 0 Å². The Kier molecular flexibility index (Phi) is 3.84. The lowest BCUT2D eigenvalue weighted by Crippen LogP contribution is -2.56. The lowest BCUT2D eigenvalue weighted by Gasteiger charge is -2.25. The lowest BCUT2D eigenvalue weighted by molar-refractivity contribution is -0.693. The molecule has 128 valence electrons. The zero-order chi connectivity index (χ0) is 17.3. The van der Waals surface area contributed by atoms with Crippen LogP contribution in [0.2, 0.25) is 0 Å². The quantitative estimate of drug-likeness (QED) is 0.526. The van der Waals surface area contributed by atoms with Gasteiger partial charge in [0.15, 0.2) is 12.2 Å². The van der Waals surface area contributed by atoms with E-state index in [0.29, 0.717) is 0 Å². The van der Waals surface area contributed by atoms with E-state index in [1.54, 1.807) is 0 Å². The van der Waals surface area contributed by atoms with Gasteiger partial charge < -0.3 is 4.90 Å². The summed E-state index contributed by atoms with van der Waals surface area (Å²) in [5, 5.41) is 0. The van der Waals surface area contributed by atoms with E-state index in [4.69, 9.17) is 0 Å². The van der Waals surface area contributed by atoms with Crippen molar-refractivity contribution < 1.29 is 4.57 Å². The molecule has 2 aliphatic heterocycles. The molecule has 5 rings (SSSR count). The van der Waals surface area contributed by atoms with Crippen LogP contribution in [0.3, 0.4) is 0 Å². The largest absolute Gasteiger partial charge is 0.324 e. The van der Waals surface area contributed by atoms with Crippen molar-refractivity contribution in [2.24, 2.45) is 0 Å². The Labute approximate surface area is 155 Å². The summed E-state index contributed by atoms with van der Waals surface area (Å²) in [7, 11) is 1.24. The SMILES string of the molecule is C1=CN2C[n+]3ccn(Cc4ccccc4)c3P=C2N1Cc1ccccc1. The molecule has 0 atom stereocenters. The number of aromatic nitrogens is 2. The van der Waals surface area contributed by atoms with Gasteiger partial charge in [-0.15, -0.1) is 0 Å². The molecule has 3 aromatic rings. The molecule has 0 aliphatic carbocycles. The minimum absolute atomic E-state index is 0.876. The molecule has 2 aromatic carbocycles. The smallest absolute Gasteiger partial charge is 0.312 e. The van der Waals surface area contributed by atoms with Crippen molar-refractivity contribution in [3.63, 3.8) is 0 Å². The predicted octanol–water partition coefficient (Wildman–Crippen LogP) is 2.74. The van der Waals surface area contributed by atoms with Gasteiger partial charge in [0.25, 0.3) is 0 Å².